The second-order valence-electron chi connectivity index (χ2n) is 3.35. The Morgan fingerprint density at radius 1 is 1.69 bits per heavy atom. The number of carbonyl (C=O) groups excluding carboxylic acids is 1. The summed E-state index contributed by atoms with van der Waals surface area (Å²) in [5.74, 6) is 0. The smallest absolute Gasteiger partial charge is 0.319 e. The van der Waals surface area contributed by atoms with Gasteiger partial charge in [-0.3, -0.25) is 0 Å². The van der Waals surface area contributed by atoms with Crippen LogP contribution in [0.2, 0.25) is 0 Å². The van der Waals surface area contributed by atoms with Gasteiger partial charge >= 0.3 is 6.03 Å². The van der Waals surface area contributed by atoms with E-state index >= 15 is 0 Å². The molecule has 0 fully saturated rings. The summed E-state index contributed by atoms with van der Waals surface area (Å²) in [5.41, 5.74) is 0.608. The first-order valence-corrected chi connectivity index (χ1v) is 5.71. The van der Waals surface area contributed by atoms with Crippen LogP contribution in [-0.4, -0.2) is 28.8 Å². The number of nitrogens with zero attached hydrogens (tertiary/aromatic N) is 1. The quantitative estimate of drug-likeness (QED) is 0.739. The number of carbonyl (C=O) groups is 1. The fourth-order valence-electron chi connectivity index (χ4n) is 1.13. The number of nitrogens with one attached hydrogen (secondary N) is 2. The van der Waals surface area contributed by atoms with E-state index in [9.17, 15) is 4.79 Å². The number of aliphatic hydroxyl groups is 1. The minimum absolute atomic E-state index is 0.0536. The molecule has 6 heteroatoms. The summed E-state index contributed by atoms with van der Waals surface area (Å²) in [7, 11) is 0. The standard InChI is InChI=1S/C10H14BrN3O2/c1-7(4-6-15)13-10(16)14-8-3-2-5-12-9(8)11/h2-3,5,7,15H,4,6H2,1H3,(H2,13,14,16)/t7-/m1/s1. The second-order valence-corrected chi connectivity index (χ2v) is 4.10. The van der Waals surface area contributed by atoms with Crippen molar-refractivity contribution in [2.45, 2.75) is 19.4 Å². The molecule has 0 aliphatic carbocycles. The third kappa shape index (κ3) is 4.16. The predicted octanol–water partition coefficient (Wildman–Crippen LogP) is 1.74. The second kappa shape index (κ2) is 6.44. The molecule has 1 rings (SSSR count). The van der Waals surface area contributed by atoms with E-state index in [1.54, 1.807) is 18.3 Å². The molecule has 0 spiro atoms. The Hall–Kier alpha value is -1.14. The number of aromatic nitrogens is 1. The molecule has 2 amide bonds. The van der Waals surface area contributed by atoms with E-state index < -0.39 is 0 Å². The Balaban J connectivity index is 2.49. The van der Waals surface area contributed by atoms with Crippen molar-refractivity contribution in [3.63, 3.8) is 0 Å². The van der Waals surface area contributed by atoms with Crippen molar-refractivity contribution in [3.05, 3.63) is 22.9 Å². The summed E-state index contributed by atoms with van der Waals surface area (Å²) < 4.78 is 0.583. The highest BCUT2D eigenvalue weighted by Gasteiger charge is 2.08. The van der Waals surface area contributed by atoms with Gasteiger partial charge in [-0.05, 0) is 41.4 Å². The van der Waals surface area contributed by atoms with Gasteiger partial charge in [0.05, 0.1) is 5.69 Å². The molecular formula is C10H14BrN3O2. The molecule has 88 valence electrons. The van der Waals surface area contributed by atoms with Gasteiger partial charge in [0.1, 0.15) is 4.60 Å². The summed E-state index contributed by atoms with van der Waals surface area (Å²) in [6, 6.07) is 3.10. The van der Waals surface area contributed by atoms with Crippen LogP contribution in [0.25, 0.3) is 0 Å². The third-order valence-corrected chi connectivity index (χ3v) is 2.58. The summed E-state index contributed by atoms with van der Waals surface area (Å²) in [5, 5.41) is 14.1. The number of pyridine rings is 1. The van der Waals surface area contributed by atoms with Crippen molar-refractivity contribution >= 4 is 27.6 Å². The van der Waals surface area contributed by atoms with Crippen LogP contribution in [0.3, 0.4) is 0 Å². The van der Waals surface area contributed by atoms with Gasteiger partial charge < -0.3 is 15.7 Å². The first-order chi connectivity index (χ1) is 7.63. The monoisotopic (exact) mass is 287 g/mol. The minimum atomic E-state index is -0.311. The van der Waals surface area contributed by atoms with Crippen LogP contribution in [0, 0.1) is 0 Å². The molecule has 0 unspecified atom stereocenters. The van der Waals surface area contributed by atoms with Crippen LogP contribution in [-0.2, 0) is 0 Å². The van der Waals surface area contributed by atoms with E-state index in [4.69, 9.17) is 5.11 Å². The van der Waals surface area contributed by atoms with Gasteiger partial charge in [0.2, 0.25) is 0 Å². The number of amides is 2. The largest absolute Gasteiger partial charge is 0.396 e. The van der Waals surface area contributed by atoms with Gasteiger partial charge in [-0.2, -0.15) is 0 Å². The summed E-state index contributed by atoms with van der Waals surface area (Å²) in [6.45, 7) is 1.88. The molecule has 0 bridgehead atoms. The zero-order valence-corrected chi connectivity index (χ0v) is 10.5. The molecule has 16 heavy (non-hydrogen) atoms. The molecule has 1 atom stereocenters. The highest BCUT2D eigenvalue weighted by Crippen LogP contribution is 2.17. The van der Waals surface area contributed by atoms with Crippen LogP contribution < -0.4 is 10.6 Å². The molecule has 0 saturated heterocycles. The molecule has 1 aromatic heterocycles. The number of hydrogen-bond acceptors (Lipinski definition) is 3. The summed E-state index contributed by atoms with van der Waals surface area (Å²) in [6.07, 6.45) is 2.16. The number of rotatable bonds is 4. The summed E-state index contributed by atoms with van der Waals surface area (Å²) >= 11 is 3.23. The van der Waals surface area contributed by atoms with E-state index in [2.05, 4.69) is 31.5 Å². The maximum atomic E-state index is 11.5. The Labute approximate surface area is 102 Å². The normalized spacial score (nSPS) is 11.9. The topological polar surface area (TPSA) is 74.2 Å². The van der Waals surface area contributed by atoms with Crippen LogP contribution in [0.1, 0.15) is 13.3 Å². The number of aliphatic hydroxyl groups excluding tert-OH is 1. The van der Waals surface area contributed by atoms with Crippen LogP contribution in [0.15, 0.2) is 22.9 Å². The molecule has 0 aromatic carbocycles. The Morgan fingerprint density at radius 2 is 2.44 bits per heavy atom. The van der Waals surface area contributed by atoms with E-state index in [0.717, 1.165) is 0 Å². The Bertz CT molecular complexity index is 360. The molecule has 5 nitrogen and oxygen atoms in total. The van der Waals surface area contributed by atoms with Crippen LogP contribution >= 0.6 is 15.9 Å². The molecule has 0 saturated carbocycles. The molecule has 1 aromatic rings. The van der Waals surface area contributed by atoms with E-state index in [0.29, 0.717) is 16.7 Å². The summed E-state index contributed by atoms with van der Waals surface area (Å²) in [4.78, 5) is 15.5. The van der Waals surface area contributed by atoms with Crippen LogP contribution in [0.5, 0.6) is 0 Å². The number of urea groups is 1. The van der Waals surface area contributed by atoms with Crippen molar-refractivity contribution in [3.8, 4) is 0 Å². The average molecular weight is 288 g/mol. The lowest BCUT2D eigenvalue weighted by atomic mass is 10.2. The van der Waals surface area contributed by atoms with Crippen molar-refractivity contribution in [2.75, 3.05) is 11.9 Å². The zero-order valence-electron chi connectivity index (χ0n) is 8.90. The highest BCUT2D eigenvalue weighted by atomic mass is 79.9. The van der Waals surface area contributed by atoms with Crippen LogP contribution in [0.4, 0.5) is 10.5 Å². The Morgan fingerprint density at radius 3 is 3.06 bits per heavy atom. The molecule has 0 radical (unpaired) electrons. The lowest BCUT2D eigenvalue weighted by Gasteiger charge is -2.13. The maximum absolute atomic E-state index is 11.5. The van der Waals surface area contributed by atoms with Crippen molar-refractivity contribution < 1.29 is 9.90 Å². The zero-order chi connectivity index (χ0) is 12.0. The van der Waals surface area contributed by atoms with Gasteiger partial charge in [0.25, 0.3) is 0 Å². The van der Waals surface area contributed by atoms with Gasteiger partial charge in [-0.1, -0.05) is 0 Å². The first kappa shape index (κ1) is 12.9. The van der Waals surface area contributed by atoms with E-state index in [-0.39, 0.29) is 18.7 Å². The molecule has 3 N–H and O–H groups in total. The maximum Gasteiger partial charge on any atom is 0.319 e. The predicted molar refractivity (Wildman–Crippen MR) is 65.3 cm³/mol. The van der Waals surface area contributed by atoms with E-state index in [1.807, 2.05) is 6.92 Å². The average Bonchev–Trinajstić information content (AvgIpc) is 2.21. The van der Waals surface area contributed by atoms with Crippen molar-refractivity contribution in [1.82, 2.24) is 10.3 Å². The highest BCUT2D eigenvalue weighted by molar-refractivity contribution is 9.10. The fourth-order valence-corrected chi connectivity index (χ4v) is 1.48. The van der Waals surface area contributed by atoms with E-state index in [1.165, 1.54) is 0 Å². The number of anilines is 1. The van der Waals surface area contributed by atoms with Gasteiger partial charge in [-0.15, -0.1) is 0 Å². The van der Waals surface area contributed by atoms with Crippen molar-refractivity contribution in [2.24, 2.45) is 0 Å². The molecule has 1 heterocycles. The van der Waals surface area contributed by atoms with Gasteiger partial charge in [0, 0.05) is 18.8 Å². The SMILES string of the molecule is C[C@H](CCO)NC(=O)Nc1cccnc1Br. The molecular weight excluding hydrogens is 274 g/mol. The lowest BCUT2D eigenvalue weighted by Crippen LogP contribution is -2.36. The van der Waals surface area contributed by atoms with Gasteiger partial charge in [0.15, 0.2) is 0 Å². The fraction of sp³-hybridized carbons (Fsp3) is 0.400. The first-order valence-electron chi connectivity index (χ1n) is 4.92. The van der Waals surface area contributed by atoms with Gasteiger partial charge in [-0.25, -0.2) is 9.78 Å². The number of halogens is 1. The third-order valence-electron chi connectivity index (χ3n) is 1.95. The Kier molecular flexibility index (Phi) is 5.21. The molecule has 0 aliphatic rings. The number of hydrogen-bond donors (Lipinski definition) is 3. The van der Waals surface area contributed by atoms with Crippen molar-refractivity contribution in [1.29, 1.82) is 0 Å². The minimum Gasteiger partial charge on any atom is -0.396 e. The molecule has 0 aliphatic heterocycles. The lowest BCUT2D eigenvalue weighted by molar-refractivity contribution is 0.241.